The molecule has 170 valence electrons. The Kier molecular flexibility index (Phi) is 7.37. The van der Waals surface area contributed by atoms with E-state index < -0.39 is 0 Å². The van der Waals surface area contributed by atoms with Crippen molar-refractivity contribution in [3.05, 3.63) is 59.8 Å². The van der Waals surface area contributed by atoms with E-state index in [2.05, 4.69) is 26.2 Å². The highest BCUT2D eigenvalue weighted by Gasteiger charge is 2.27. The number of amides is 2. The summed E-state index contributed by atoms with van der Waals surface area (Å²) in [5.74, 6) is 1.36. The first-order valence-corrected chi connectivity index (χ1v) is 11.6. The highest BCUT2D eigenvalue weighted by Crippen LogP contribution is 2.20. The minimum atomic E-state index is -0.184. The molecule has 2 saturated heterocycles. The van der Waals surface area contributed by atoms with Crippen LogP contribution in [0.15, 0.2) is 48.7 Å². The fourth-order valence-corrected chi connectivity index (χ4v) is 4.70. The lowest BCUT2D eigenvalue weighted by Gasteiger charge is -2.39. The Balaban J connectivity index is 1.22. The van der Waals surface area contributed by atoms with E-state index in [1.54, 1.807) is 6.07 Å². The first kappa shape index (κ1) is 22.3. The number of hydrogen-bond donors (Lipinski definition) is 1. The summed E-state index contributed by atoms with van der Waals surface area (Å²) in [6, 6.07) is 13.5. The lowest BCUT2D eigenvalue weighted by atomic mass is 9.97. The molecule has 2 aliphatic rings. The fourth-order valence-electron chi connectivity index (χ4n) is 4.70. The molecule has 2 fully saturated rings. The van der Waals surface area contributed by atoms with Crippen LogP contribution < -0.4 is 10.2 Å². The molecule has 2 aliphatic heterocycles. The van der Waals surface area contributed by atoms with Gasteiger partial charge in [0.2, 0.25) is 5.91 Å². The van der Waals surface area contributed by atoms with Gasteiger partial charge in [0.15, 0.2) is 0 Å². The van der Waals surface area contributed by atoms with Crippen LogP contribution in [-0.2, 0) is 4.79 Å². The van der Waals surface area contributed by atoms with Crippen LogP contribution in [0.1, 0.15) is 28.8 Å². The molecule has 0 aliphatic carbocycles. The molecule has 3 heterocycles. The quantitative estimate of drug-likeness (QED) is 0.753. The number of nitrogens with zero attached hydrogens (tertiary/aromatic N) is 4. The molecular formula is C25H33N5O2. The van der Waals surface area contributed by atoms with Crippen molar-refractivity contribution in [2.75, 3.05) is 57.3 Å². The summed E-state index contributed by atoms with van der Waals surface area (Å²) in [6.07, 6.45) is 4.02. The highest BCUT2D eigenvalue weighted by molar-refractivity contribution is 5.97. The van der Waals surface area contributed by atoms with Crippen LogP contribution in [0.5, 0.6) is 0 Å². The number of carbonyl (C=O) groups is 2. The van der Waals surface area contributed by atoms with Gasteiger partial charge < -0.3 is 15.1 Å². The normalized spacial score (nSPS) is 19.6. The van der Waals surface area contributed by atoms with Gasteiger partial charge in [-0.3, -0.25) is 14.5 Å². The maximum Gasteiger partial charge on any atom is 0.251 e. The predicted molar refractivity (Wildman–Crippen MR) is 126 cm³/mol. The Labute approximate surface area is 190 Å². The summed E-state index contributed by atoms with van der Waals surface area (Å²) < 4.78 is 0. The molecule has 1 aromatic carbocycles. The molecule has 2 amide bonds. The molecule has 0 saturated carbocycles. The molecule has 1 aromatic heterocycles. The number of piperazine rings is 1. The van der Waals surface area contributed by atoms with Crippen molar-refractivity contribution in [2.45, 2.75) is 19.8 Å². The summed E-state index contributed by atoms with van der Waals surface area (Å²) in [6.45, 7) is 8.55. The largest absolute Gasteiger partial charge is 0.354 e. The first-order valence-electron chi connectivity index (χ1n) is 11.6. The van der Waals surface area contributed by atoms with Crippen LogP contribution in [0.4, 0.5) is 5.82 Å². The zero-order chi connectivity index (χ0) is 22.3. The second kappa shape index (κ2) is 10.6. The van der Waals surface area contributed by atoms with E-state index in [0.29, 0.717) is 11.5 Å². The van der Waals surface area contributed by atoms with Gasteiger partial charge in [-0.2, -0.15) is 0 Å². The van der Waals surface area contributed by atoms with Gasteiger partial charge in [0.1, 0.15) is 5.82 Å². The molecule has 7 nitrogen and oxygen atoms in total. The topological polar surface area (TPSA) is 68.8 Å². The molecule has 7 heteroatoms. The summed E-state index contributed by atoms with van der Waals surface area (Å²) in [4.78, 5) is 36.4. The van der Waals surface area contributed by atoms with Crippen molar-refractivity contribution in [3.63, 3.8) is 0 Å². The molecule has 32 heavy (non-hydrogen) atoms. The van der Waals surface area contributed by atoms with Gasteiger partial charge in [0, 0.05) is 57.6 Å². The van der Waals surface area contributed by atoms with Crippen molar-refractivity contribution in [2.24, 2.45) is 5.92 Å². The van der Waals surface area contributed by atoms with Crippen LogP contribution in [-0.4, -0.2) is 79.0 Å². The molecule has 1 N–H and O–H groups in total. The van der Waals surface area contributed by atoms with Crippen LogP contribution in [0.2, 0.25) is 0 Å². The molecule has 1 atom stereocenters. The van der Waals surface area contributed by atoms with Crippen molar-refractivity contribution in [1.29, 1.82) is 0 Å². The molecule has 0 bridgehead atoms. The standard InChI is InChI=1S/C25H33N5O2/c1-20-7-2-3-9-22(20)25(32)27-17-24(31)30-12-6-8-21(19-30)18-28-13-15-29(16-14-28)23-10-4-5-11-26-23/h2-5,7,9-11,21H,6,8,12-19H2,1H3,(H,27,32). The second-order valence-electron chi connectivity index (χ2n) is 8.82. The summed E-state index contributed by atoms with van der Waals surface area (Å²) in [5, 5.41) is 2.80. The third kappa shape index (κ3) is 5.65. The number of nitrogens with one attached hydrogen (secondary N) is 1. The minimum Gasteiger partial charge on any atom is -0.354 e. The van der Waals surface area contributed by atoms with Crippen LogP contribution in [0.25, 0.3) is 0 Å². The molecule has 2 aromatic rings. The lowest BCUT2D eigenvalue weighted by molar-refractivity contribution is -0.132. The van der Waals surface area contributed by atoms with Gasteiger partial charge in [-0.15, -0.1) is 0 Å². The second-order valence-corrected chi connectivity index (χ2v) is 8.82. The summed E-state index contributed by atoms with van der Waals surface area (Å²) in [7, 11) is 0. The van der Waals surface area contributed by atoms with Gasteiger partial charge in [0.05, 0.1) is 6.54 Å². The predicted octanol–water partition coefficient (Wildman–Crippen LogP) is 2.18. The van der Waals surface area contributed by atoms with Crippen molar-refractivity contribution < 1.29 is 9.59 Å². The Morgan fingerprint density at radius 2 is 1.81 bits per heavy atom. The fraction of sp³-hybridized carbons (Fsp3) is 0.480. The Hall–Kier alpha value is -2.93. The van der Waals surface area contributed by atoms with Crippen molar-refractivity contribution in [1.82, 2.24) is 20.1 Å². The molecule has 0 radical (unpaired) electrons. The van der Waals surface area contributed by atoms with Crippen molar-refractivity contribution >= 4 is 17.6 Å². The Morgan fingerprint density at radius 3 is 2.56 bits per heavy atom. The number of pyridine rings is 1. The van der Waals surface area contributed by atoms with E-state index in [0.717, 1.165) is 70.0 Å². The van der Waals surface area contributed by atoms with Crippen LogP contribution in [0.3, 0.4) is 0 Å². The molecule has 1 unspecified atom stereocenters. The number of carbonyl (C=O) groups excluding carboxylic acids is 2. The van der Waals surface area contributed by atoms with Crippen LogP contribution >= 0.6 is 0 Å². The van der Waals surface area contributed by atoms with E-state index in [4.69, 9.17) is 0 Å². The zero-order valence-corrected chi connectivity index (χ0v) is 18.9. The van der Waals surface area contributed by atoms with Gasteiger partial charge >= 0.3 is 0 Å². The van der Waals surface area contributed by atoms with Gasteiger partial charge in [0.25, 0.3) is 5.91 Å². The average molecular weight is 436 g/mol. The average Bonchev–Trinajstić information content (AvgIpc) is 2.84. The minimum absolute atomic E-state index is 0.0107. The number of aromatic nitrogens is 1. The Bertz CT molecular complexity index is 912. The van der Waals surface area contributed by atoms with Gasteiger partial charge in [-0.25, -0.2) is 4.98 Å². The van der Waals surface area contributed by atoms with Gasteiger partial charge in [-0.05, 0) is 49.4 Å². The number of aryl methyl sites for hydroxylation is 1. The van der Waals surface area contributed by atoms with E-state index in [9.17, 15) is 9.59 Å². The summed E-state index contributed by atoms with van der Waals surface area (Å²) >= 11 is 0. The molecular weight excluding hydrogens is 402 g/mol. The zero-order valence-electron chi connectivity index (χ0n) is 18.9. The van der Waals surface area contributed by atoms with Gasteiger partial charge in [-0.1, -0.05) is 24.3 Å². The number of piperidine rings is 1. The number of likely N-dealkylation sites (tertiary alicyclic amines) is 1. The van der Waals surface area contributed by atoms with E-state index in [-0.39, 0.29) is 18.4 Å². The van der Waals surface area contributed by atoms with E-state index >= 15 is 0 Å². The van der Waals surface area contributed by atoms with Crippen molar-refractivity contribution in [3.8, 4) is 0 Å². The summed E-state index contributed by atoms with van der Waals surface area (Å²) in [5.41, 5.74) is 1.54. The number of anilines is 1. The number of hydrogen-bond acceptors (Lipinski definition) is 5. The number of benzene rings is 1. The first-order chi connectivity index (χ1) is 15.6. The highest BCUT2D eigenvalue weighted by atomic mass is 16.2. The maximum atomic E-state index is 12.7. The number of rotatable bonds is 6. The van der Waals surface area contributed by atoms with E-state index in [1.165, 1.54) is 0 Å². The SMILES string of the molecule is Cc1ccccc1C(=O)NCC(=O)N1CCCC(CN2CCN(c3ccccn3)CC2)C1. The maximum absolute atomic E-state index is 12.7. The molecule has 4 rings (SSSR count). The Morgan fingerprint density at radius 1 is 1.03 bits per heavy atom. The van der Waals surface area contributed by atoms with Crippen LogP contribution in [0, 0.1) is 12.8 Å². The lowest BCUT2D eigenvalue weighted by Crippen LogP contribution is -2.51. The van der Waals surface area contributed by atoms with E-state index in [1.807, 2.05) is 48.4 Å². The third-order valence-corrected chi connectivity index (χ3v) is 6.52. The molecule has 0 spiro atoms. The smallest absolute Gasteiger partial charge is 0.251 e. The monoisotopic (exact) mass is 435 g/mol. The third-order valence-electron chi connectivity index (χ3n) is 6.52.